The van der Waals surface area contributed by atoms with Crippen LogP contribution in [-0.2, 0) is 16.0 Å². The average Bonchev–Trinajstić information content (AvgIpc) is 3.58. The van der Waals surface area contributed by atoms with Gasteiger partial charge in [0.1, 0.15) is 22.0 Å². The Morgan fingerprint density at radius 3 is 2.32 bits per heavy atom. The molecule has 190 valence electrons. The van der Waals surface area contributed by atoms with Gasteiger partial charge in [-0.2, -0.15) is 0 Å². The normalized spacial score (nSPS) is 10.6. The Morgan fingerprint density at radius 1 is 0.946 bits per heavy atom. The van der Waals surface area contributed by atoms with Gasteiger partial charge in [0.2, 0.25) is 0 Å². The highest BCUT2D eigenvalue weighted by Gasteiger charge is 2.17. The quantitative estimate of drug-likeness (QED) is 0.262. The Labute approximate surface area is 215 Å². The van der Waals surface area contributed by atoms with E-state index in [1.807, 2.05) is 28.8 Å². The largest absolute Gasteiger partial charge is 0.497 e. The topological polar surface area (TPSA) is 128 Å². The maximum atomic E-state index is 12.0. The third-order valence-corrected chi connectivity index (χ3v) is 5.98. The predicted octanol–water partition coefficient (Wildman–Crippen LogP) is 4.18. The number of H-pyrrole nitrogens is 2. The molecule has 5 aromatic rings. The van der Waals surface area contributed by atoms with Crippen LogP contribution in [0.4, 0.5) is 0 Å². The molecule has 0 aliphatic carbocycles. The minimum Gasteiger partial charge on any atom is -0.497 e. The predicted molar refractivity (Wildman–Crippen MR) is 138 cm³/mol. The molecule has 1 aromatic carbocycles. The number of methoxy groups -OCH3 is 3. The number of nitrogens with one attached hydrogen (secondary N) is 2. The van der Waals surface area contributed by atoms with Crippen molar-refractivity contribution in [3.63, 3.8) is 0 Å². The van der Waals surface area contributed by atoms with Gasteiger partial charge in [-0.3, -0.25) is 4.79 Å². The van der Waals surface area contributed by atoms with Crippen LogP contribution in [0.5, 0.6) is 5.75 Å². The van der Waals surface area contributed by atoms with Gasteiger partial charge in [-0.1, -0.05) is 23.7 Å². The molecule has 5 rings (SSSR count). The molecule has 10 nitrogen and oxygen atoms in total. The molecule has 11 heteroatoms. The summed E-state index contributed by atoms with van der Waals surface area (Å²) in [6, 6.07) is 11.1. The van der Waals surface area contributed by atoms with Gasteiger partial charge in [0.15, 0.2) is 0 Å². The highest BCUT2D eigenvalue weighted by molar-refractivity contribution is 6.34. The SMILES string of the molecule is COC(=O)c1c[nH]c(=O)c2ccn(Cc3ccc(OC)cc3)c12.COC(=O)c1cnc(Cl)c2cc[nH]c12. The summed E-state index contributed by atoms with van der Waals surface area (Å²) in [5.74, 6) is -0.139. The first-order chi connectivity index (χ1) is 17.9. The molecule has 0 amide bonds. The highest BCUT2D eigenvalue weighted by Crippen LogP contribution is 2.23. The van der Waals surface area contributed by atoms with Crippen molar-refractivity contribution in [3.8, 4) is 5.75 Å². The molecule has 0 fully saturated rings. The minimum absolute atomic E-state index is 0.235. The zero-order valence-corrected chi connectivity index (χ0v) is 21.0. The van der Waals surface area contributed by atoms with Crippen LogP contribution in [0, 0.1) is 0 Å². The molecule has 4 heterocycles. The molecule has 0 aliphatic heterocycles. The summed E-state index contributed by atoms with van der Waals surface area (Å²) in [5.41, 5.74) is 2.73. The Kier molecular flexibility index (Phi) is 7.59. The number of rotatable bonds is 5. The lowest BCUT2D eigenvalue weighted by Gasteiger charge is -2.09. The molecule has 0 saturated heterocycles. The molecule has 0 unspecified atom stereocenters. The van der Waals surface area contributed by atoms with Crippen LogP contribution in [-0.4, -0.2) is 52.8 Å². The number of hydrogen-bond donors (Lipinski definition) is 2. The zero-order valence-electron chi connectivity index (χ0n) is 20.2. The smallest absolute Gasteiger partial charge is 0.341 e. The molecule has 2 N–H and O–H groups in total. The van der Waals surface area contributed by atoms with Gasteiger partial charge in [-0.15, -0.1) is 0 Å². The van der Waals surface area contributed by atoms with Crippen LogP contribution >= 0.6 is 11.6 Å². The van der Waals surface area contributed by atoms with E-state index in [0.29, 0.717) is 39.2 Å². The first-order valence-electron chi connectivity index (χ1n) is 11.0. The van der Waals surface area contributed by atoms with E-state index >= 15 is 0 Å². The monoisotopic (exact) mass is 522 g/mol. The number of benzene rings is 1. The number of carbonyl (C=O) groups is 2. The summed E-state index contributed by atoms with van der Waals surface area (Å²) in [6.07, 6.45) is 6.27. The van der Waals surface area contributed by atoms with Crippen molar-refractivity contribution in [1.29, 1.82) is 0 Å². The number of pyridine rings is 2. The van der Waals surface area contributed by atoms with Gasteiger partial charge in [0, 0.05) is 36.7 Å². The maximum Gasteiger partial charge on any atom is 0.341 e. The molecule has 37 heavy (non-hydrogen) atoms. The molecule has 4 aromatic heterocycles. The second-order valence-electron chi connectivity index (χ2n) is 7.80. The van der Waals surface area contributed by atoms with E-state index in [0.717, 1.165) is 16.7 Å². The molecule has 0 aliphatic rings. The average molecular weight is 523 g/mol. The number of esters is 2. The summed E-state index contributed by atoms with van der Waals surface area (Å²) in [4.78, 5) is 44.6. The van der Waals surface area contributed by atoms with Gasteiger partial charge in [0.05, 0.1) is 37.7 Å². The molecule has 0 atom stereocenters. The van der Waals surface area contributed by atoms with Gasteiger partial charge in [0.25, 0.3) is 5.56 Å². The van der Waals surface area contributed by atoms with Crippen molar-refractivity contribution >= 4 is 45.3 Å². The fraction of sp³-hybridized carbons (Fsp3) is 0.154. The number of nitrogens with zero attached hydrogens (tertiary/aromatic N) is 2. The third kappa shape index (κ3) is 5.19. The summed E-state index contributed by atoms with van der Waals surface area (Å²) in [5, 5.41) is 1.55. The van der Waals surface area contributed by atoms with Crippen LogP contribution < -0.4 is 10.3 Å². The van der Waals surface area contributed by atoms with E-state index in [2.05, 4.69) is 19.7 Å². The first kappa shape index (κ1) is 25.5. The van der Waals surface area contributed by atoms with Crippen LogP contribution in [0.15, 0.2) is 66.0 Å². The third-order valence-electron chi connectivity index (χ3n) is 5.68. The fourth-order valence-electron chi connectivity index (χ4n) is 3.85. The van der Waals surface area contributed by atoms with Gasteiger partial charge in [-0.25, -0.2) is 14.6 Å². The Balaban J connectivity index is 0.000000195. The number of halogens is 1. The standard InChI is InChI=1S/C17H16N2O4.C9H7ClN2O2/c1-22-12-5-3-11(4-6-12)10-19-8-7-13-15(19)14(17(21)23-2)9-18-16(13)20;1-14-9(13)6-4-12-8(10)5-2-3-11-7(5)6/h3-9H,10H2,1-2H3,(H,18,20);2-4,11H,1H3. The lowest BCUT2D eigenvalue weighted by Crippen LogP contribution is -2.13. The summed E-state index contributed by atoms with van der Waals surface area (Å²) in [6.45, 7) is 0.529. The van der Waals surface area contributed by atoms with Gasteiger partial charge in [-0.05, 0) is 29.8 Å². The van der Waals surface area contributed by atoms with E-state index in [4.69, 9.17) is 21.1 Å². The van der Waals surface area contributed by atoms with Crippen LogP contribution in [0.1, 0.15) is 26.3 Å². The number of carbonyl (C=O) groups excluding carboxylic acids is 2. The first-order valence-corrected chi connectivity index (χ1v) is 11.4. The van der Waals surface area contributed by atoms with Crippen LogP contribution in [0.2, 0.25) is 5.15 Å². The van der Waals surface area contributed by atoms with Crippen molar-refractivity contribution in [1.82, 2.24) is 19.5 Å². The van der Waals surface area contributed by atoms with Crippen LogP contribution in [0.25, 0.3) is 21.8 Å². The van der Waals surface area contributed by atoms with Crippen molar-refractivity contribution in [2.75, 3.05) is 21.3 Å². The molecular weight excluding hydrogens is 500 g/mol. The van der Waals surface area contributed by atoms with Crippen molar-refractivity contribution in [2.45, 2.75) is 6.54 Å². The lowest BCUT2D eigenvalue weighted by molar-refractivity contribution is 0.0593. The molecule has 0 saturated carbocycles. The number of aromatic amines is 2. The van der Waals surface area contributed by atoms with E-state index < -0.39 is 11.9 Å². The molecule has 0 spiro atoms. The highest BCUT2D eigenvalue weighted by atomic mass is 35.5. The Bertz CT molecular complexity index is 1630. The summed E-state index contributed by atoms with van der Waals surface area (Å²) < 4.78 is 16.4. The maximum absolute atomic E-state index is 12.0. The van der Waals surface area contributed by atoms with Crippen LogP contribution in [0.3, 0.4) is 0 Å². The van der Waals surface area contributed by atoms with Crippen molar-refractivity contribution < 1.29 is 23.8 Å². The second-order valence-corrected chi connectivity index (χ2v) is 8.16. The van der Waals surface area contributed by atoms with E-state index in [1.165, 1.54) is 26.6 Å². The van der Waals surface area contributed by atoms with E-state index in [1.54, 1.807) is 31.6 Å². The molecule has 0 radical (unpaired) electrons. The molecular formula is C26H23ClN4O6. The zero-order chi connectivity index (χ0) is 26.5. The van der Waals surface area contributed by atoms with Crippen molar-refractivity contribution in [2.24, 2.45) is 0 Å². The summed E-state index contributed by atoms with van der Waals surface area (Å²) in [7, 11) is 4.26. The van der Waals surface area contributed by atoms with Gasteiger partial charge < -0.3 is 28.7 Å². The number of fused-ring (bicyclic) bond motifs is 2. The lowest BCUT2D eigenvalue weighted by atomic mass is 10.2. The molecule has 0 bridgehead atoms. The number of hydrogen-bond acceptors (Lipinski definition) is 7. The van der Waals surface area contributed by atoms with E-state index in [-0.39, 0.29) is 5.56 Å². The summed E-state index contributed by atoms with van der Waals surface area (Å²) >= 11 is 5.84. The fourth-order valence-corrected chi connectivity index (χ4v) is 4.05. The Morgan fingerprint density at radius 2 is 1.65 bits per heavy atom. The van der Waals surface area contributed by atoms with E-state index in [9.17, 15) is 14.4 Å². The second kappa shape index (κ2) is 11.0. The number of aromatic nitrogens is 4. The van der Waals surface area contributed by atoms with Crippen molar-refractivity contribution in [3.05, 3.63) is 93.4 Å². The Hall–Kier alpha value is -4.57. The number of ether oxygens (including phenoxy) is 3. The van der Waals surface area contributed by atoms with Gasteiger partial charge >= 0.3 is 11.9 Å². The minimum atomic E-state index is -0.485.